The number of carbonyl (C=O) groups is 1. The monoisotopic (exact) mass is 441 g/mol. The van der Waals surface area contributed by atoms with Gasteiger partial charge in [0, 0.05) is 13.5 Å². The molecule has 3 aliphatic rings. The van der Waals surface area contributed by atoms with Crippen molar-refractivity contribution in [2.24, 2.45) is 23.2 Å². The van der Waals surface area contributed by atoms with Crippen molar-refractivity contribution in [1.29, 1.82) is 0 Å². The fourth-order valence-corrected chi connectivity index (χ4v) is 7.56. The highest BCUT2D eigenvalue weighted by atomic mass is 16.3. The molecule has 3 N–H and O–H groups in total. The smallest absolute Gasteiger partial charge is 0.219 e. The summed E-state index contributed by atoms with van der Waals surface area (Å²) in [5.74, 6) is 3.12. The molecule has 0 heterocycles. The molecule has 1 aromatic rings. The zero-order valence-corrected chi connectivity index (χ0v) is 20.1. The minimum atomic E-state index is -0.134. The highest BCUT2D eigenvalue weighted by Gasteiger charge is 2.56. The molecule has 0 aliphatic heterocycles. The molecule has 3 aliphatic carbocycles. The van der Waals surface area contributed by atoms with Crippen LogP contribution in [-0.2, 0) is 11.2 Å². The summed E-state index contributed by atoms with van der Waals surface area (Å²) >= 11 is 0. The predicted molar refractivity (Wildman–Crippen MR) is 129 cm³/mol. The van der Waals surface area contributed by atoms with Crippen LogP contribution in [0.2, 0.25) is 0 Å². The molecule has 32 heavy (non-hydrogen) atoms. The standard InChI is InChI=1S/C28H43NO3/c1-28-16-15-23-22-12-11-21(30)18-20(22)17-19(27(23)24(28)13-14-25(28)31)9-7-5-3-4-6-8-10-26(32)29-2/h11-12,18-19,23-25,27,30-31H,3-10,13-17H2,1-2H3,(H,29,32)/t19-,23-,24+,25+,27-,28+/m1/s1. The van der Waals surface area contributed by atoms with E-state index in [1.54, 1.807) is 7.05 Å². The summed E-state index contributed by atoms with van der Waals surface area (Å²) in [6.07, 6.45) is 14.5. The lowest BCUT2D eigenvalue weighted by Crippen LogP contribution is -2.47. The zero-order valence-electron chi connectivity index (χ0n) is 20.1. The molecule has 4 nitrogen and oxygen atoms in total. The van der Waals surface area contributed by atoms with Crippen LogP contribution in [0.15, 0.2) is 18.2 Å². The molecule has 2 saturated carbocycles. The molecule has 6 atom stereocenters. The topological polar surface area (TPSA) is 69.6 Å². The Bertz CT molecular complexity index is 793. The number of aromatic hydroxyl groups is 1. The van der Waals surface area contributed by atoms with E-state index in [9.17, 15) is 15.0 Å². The summed E-state index contributed by atoms with van der Waals surface area (Å²) in [6.45, 7) is 2.35. The van der Waals surface area contributed by atoms with Gasteiger partial charge in [-0.1, -0.05) is 45.1 Å². The second-order valence-electron chi connectivity index (χ2n) is 11.1. The van der Waals surface area contributed by atoms with E-state index in [0.29, 0.717) is 35.8 Å². The van der Waals surface area contributed by atoms with E-state index in [4.69, 9.17) is 0 Å². The highest BCUT2D eigenvalue weighted by Crippen LogP contribution is 2.62. The van der Waals surface area contributed by atoms with Crippen molar-refractivity contribution in [2.45, 2.75) is 102 Å². The number of hydrogen-bond donors (Lipinski definition) is 3. The van der Waals surface area contributed by atoms with Gasteiger partial charge in [0.15, 0.2) is 0 Å². The van der Waals surface area contributed by atoms with Crippen LogP contribution in [-0.4, -0.2) is 29.3 Å². The first kappa shape index (κ1) is 23.6. The molecule has 0 aromatic heterocycles. The molecular formula is C28H43NO3. The van der Waals surface area contributed by atoms with Crippen LogP contribution in [0.1, 0.15) is 101 Å². The molecule has 1 amide bonds. The van der Waals surface area contributed by atoms with Crippen molar-refractivity contribution in [3.63, 3.8) is 0 Å². The fraction of sp³-hybridized carbons (Fsp3) is 0.750. The van der Waals surface area contributed by atoms with Gasteiger partial charge in [-0.3, -0.25) is 4.79 Å². The molecule has 1 aromatic carbocycles. The number of hydrogen-bond acceptors (Lipinski definition) is 3. The number of nitrogens with one attached hydrogen (secondary N) is 1. The van der Waals surface area contributed by atoms with Gasteiger partial charge in [0.2, 0.25) is 5.91 Å². The summed E-state index contributed by atoms with van der Waals surface area (Å²) in [5.41, 5.74) is 2.94. The van der Waals surface area contributed by atoms with Gasteiger partial charge in [0.1, 0.15) is 5.75 Å². The highest BCUT2D eigenvalue weighted by molar-refractivity contribution is 5.75. The van der Waals surface area contributed by atoms with Crippen molar-refractivity contribution in [3.05, 3.63) is 29.3 Å². The Morgan fingerprint density at radius 3 is 2.62 bits per heavy atom. The first-order chi connectivity index (χ1) is 15.4. The Kier molecular flexibility index (Phi) is 7.49. The van der Waals surface area contributed by atoms with E-state index >= 15 is 0 Å². The number of rotatable bonds is 9. The van der Waals surface area contributed by atoms with Crippen LogP contribution in [0.25, 0.3) is 0 Å². The van der Waals surface area contributed by atoms with Crippen LogP contribution in [0, 0.1) is 23.2 Å². The molecular weight excluding hydrogens is 398 g/mol. The number of amides is 1. The Morgan fingerprint density at radius 2 is 1.84 bits per heavy atom. The van der Waals surface area contributed by atoms with E-state index < -0.39 is 0 Å². The Morgan fingerprint density at radius 1 is 1.09 bits per heavy atom. The maximum absolute atomic E-state index is 11.3. The van der Waals surface area contributed by atoms with Gasteiger partial charge in [-0.05, 0) is 97.3 Å². The van der Waals surface area contributed by atoms with Crippen molar-refractivity contribution in [3.8, 4) is 5.75 Å². The Balaban J connectivity index is 1.37. The van der Waals surface area contributed by atoms with E-state index in [1.165, 1.54) is 56.1 Å². The zero-order chi connectivity index (χ0) is 22.7. The summed E-state index contributed by atoms with van der Waals surface area (Å²) in [4.78, 5) is 11.3. The Labute approximate surface area is 194 Å². The van der Waals surface area contributed by atoms with E-state index in [-0.39, 0.29) is 17.4 Å². The number of fused-ring (bicyclic) bond motifs is 5. The normalized spacial score (nSPS) is 33.3. The maximum atomic E-state index is 11.3. The first-order valence-electron chi connectivity index (χ1n) is 13.1. The molecule has 4 rings (SSSR count). The molecule has 0 bridgehead atoms. The van der Waals surface area contributed by atoms with Crippen molar-refractivity contribution in [1.82, 2.24) is 5.32 Å². The summed E-state index contributed by atoms with van der Waals surface area (Å²) < 4.78 is 0. The third-order valence-electron chi connectivity index (χ3n) is 9.34. The lowest BCUT2D eigenvalue weighted by molar-refractivity contribution is -0.120. The lowest BCUT2D eigenvalue weighted by Gasteiger charge is -2.53. The molecule has 2 fully saturated rings. The summed E-state index contributed by atoms with van der Waals surface area (Å²) in [5, 5.41) is 23.6. The Hall–Kier alpha value is -1.55. The van der Waals surface area contributed by atoms with Gasteiger partial charge in [0.25, 0.3) is 0 Å². The SMILES string of the molecule is CNC(=O)CCCCCCCC[C@@H]1Cc2cc(O)ccc2[C@H]2CC[C@]3(C)[C@@H](O)CC[C@H]3[C@H]12. The van der Waals surface area contributed by atoms with Crippen LogP contribution in [0.5, 0.6) is 5.75 Å². The maximum Gasteiger partial charge on any atom is 0.219 e. The quantitative estimate of drug-likeness (QED) is 0.430. The van der Waals surface area contributed by atoms with Crippen LogP contribution in [0.4, 0.5) is 0 Å². The minimum Gasteiger partial charge on any atom is -0.508 e. The van der Waals surface area contributed by atoms with E-state index in [0.717, 1.165) is 32.1 Å². The number of carbonyl (C=O) groups excluding carboxylic acids is 1. The minimum absolute atomic E-state index is 0.0959. The second kappa shape index (κ2) is 10.2. The largest absolute Gasteiger partial charge is 0.508 e. The second-order valence-corrected chi connectivity index (χ2v) is 11.1. The van der Waals surface area contributed by atoms with Gasteiger partial charge in [-0.15, -0.1) is 0 Å². The van der Waals surface area contributed by atoms with E-state index in [1.807, 2.05) is 12.1 Å². The third-order valence-corrected chi connectivity index (χ3v) is 9.34. The third kappa shape index (κ3) is 4.71. The fourth-order valence-electron chi connectivity index (χ4n) is 7.56. The molecule has 0 spiro atoms. The number of phenols is 1. The molecule has 0 radical (unpaired) electrons. The predicted octanol–water partition coefficient (Wildman–Crippen LogP) is 5.70. The van der Waals surface area contributed by atoms with E-state index in [2.05, 4.69) is 18.3 Å². The van der Waals surface area contributed by atoms with Gasteiger partial charge >= 0.3 is 0 Å². The molecule has 178 valence electrons. The lowest BCUT2D eigenvalue weighted by atomic mass is 9.52. The van der Waals surface area contributed by atoms with Crippen LogP contribution < -0.4 is 5.32 Å². The number of aliphatic hydroxyl groups excluding tert-OH is 1. The molecule has 0 saturated heterocycles. The average Bonchev–Trinajstić information content (AvgIpc) is 3.09. The van der Waals surface area contributed by atoms with Gasteiger partial charge in [-0.2, -0.15) is 0 Å². The average molecular weight is 442 g/mol. The summed E-state index contributed by atoms with van der Waals surface area (Å²) in [7, 11) is 1.71. The first-order valence-corrected chi connectivity index (χ1v) is 13.1. The van der Waals surface area contributed by atoms with Crippen molar-refractivity contribution < 1.29 is 15.0 Å². The van der Waals surface area contributed by atoms with Gasteiger partial charge < -0.3 is 15.5 Å². The van der Waals surface area contributed by atoms with Gasteiger partial charge in [0.05, 0.1) is 6.10 Å². The molecule has 4 heteroatoms. The molecule has 0 unspecified atom stereocenters. The number of benzene rings is 1. The summed E-state index contributed by atoms with van der Waals surface area (Å²) in [6, 6.07) is 6.07. The van der Waals surface area contributed by atoms with Crippen LogP contribution in [0.3, 0.4) is 0 Å². The van der Waals surface area contributed by atoms with Crippen LogP contribution >= 0.6 is 0 Å². The number of aliphatic hydroxyl groups is 1. The van der Waals surface area contributed by atoms with Gasteiger partial charge in [-0.25, -0.2) is 0 Å². The number of unbranched alkanes of at least 4 members (excludes halogenated alkanes) is 5. The van der Waals surface area contributed by atoms with Crippen molar-refractivity contribution in [2.75, 3.05) is 7.05 Å². The van der Waals surface area contributed by atoms with Crippen molar-refractivity contribution >= 4 is 5.91 Å². The number of phenolic OH excluding ortho intramolecular Hbond substituents is 1.